The van der Waals surface area contributed by atoms with Crippen molar-refractivity contribution in [2.75, 3.05) is 24.5 Å². The van der Waals surface area contributed by atoms with Crippen molar-refractivity contribution in [3.63, 3.8) is 0 Å². The van der Waals surface area contributed by atoms with Crippen LogP contribution in [0.2, 0.25) is 0 Å². The Morgan fingerprint density at radius 2 is 1.65 bits per heavy atom. The van der Waals surface area contributed by atoms with Crippen LogP contribution in [0.5, 0.6) is 0 Å². The summed E-state index contributed by atoms with van der Waals surface area (Å²) < 4.78 is 28.9. The van der Waals surface area contributed by atoms with E-state index < -0.39 is 12.1 Å². The van der Waals surface area contributed by atoms with Crippen LogP contribution >= 0.6 is 0 Å². The predicted molar refractivity (Wildman–Crippen MR) is 136 cm³/mol. The van der Waals surface area contributed by atoms with Gasteiger partial charge >= 0.3 is 0 Å². The second kappa shape index (κ2) is 9.81. The summed E-state index contributed by atoms with van der Waals surface area (Å²) in [7, 11) is 1.65. The normalized spacial score (nSPS) is 16.1. The van der Waals surface area contributed by atoms with E-state index >= 15 is 0 Å². The van der Waals surface area contributed by atoms with Gasteiger partial charge in [0.25, 0.3) is 11.4 Å². The van der Waals surface area contributed by atoms with Gasteiger partial charge in [-0.3, -0.25) is 9.69 Å². The van der Waals surface area contributed by atoms with Gasteiger partial charge in [-0.25, -0.2) is 8.78 Å². The lowest BCUT2D eigenvalue weighted by Gasteiger charge is -2.43. The summed E-state index contributed by atoms with van der Waals surface area (Å²) in [5, 5.41) is 10.2. The minimum Gasteiger partial charge on any atom is -0.364 e. The summed E-state index contributed by atoms with van der Waals surface area (Å²) in [5.74, 6) is -0.519. The number of halogens is 2. The molecule has 7 nitrogen and oxygen atoms in total. The Bertz CT molecular complexity index is 1560. The number of anilines is 1. The van der Waals surface area contributed by atoms with Crippen LogP contribution in [0.15, 0.2) is 71.5 Å². The van der Waals surface area contributed by atoms with Gasteiger partial charge < -0.3 is 14.3 Å². The highest BCUT2D eigenvalue weighted by atomic mass is 19.1. The van der Waals surface area contributed by atoms with Crippen LogP contribution in [0.1, 0.15) is 17.2 Å². The fourth-order valence-corrected chi connectivity index (χ4v) is 4.91. The number of aryl methyl sites for hydroxylation is 1. The Hall–Kier alpha value is -4.60. The van der Waals surface area contributed by atoms with E-state index in [2.05, 4.69) is 15.9 Å². The van der Waals surface area contributed by atoms with E-state index in [9.17, 15) is 18.8 Å². The van der Waals surface area contributed by atoms with Gasteiger partial charge in [-0.2, -0.15) is 5.26 Å². The number of nitriles is 1. The van der Waals surface area contributed by atoms with Gasteiger partial charge in [-0.15, -0.1) is 4.98 Å². The summed E-state index contributed by atoms with van der Waals surface area (Å²) in [6.07, 6.45) is 0. The lowest BCUT2D eigenvalue weighted by Crippen LogP contribution is -2.54. The molecule has 4 aromatic rings. The van der Waals surface area contributed by atoms with Crippen molar-refractivity contribution in [2.45, 2.75) is 12.1 Å². The number of aromatic nitrogens is 2. The zero-order chi connectivity index (χ0) is 26.1. The van der Waals surface area contributed by atoms with E-state index in [-0.39, 0.29) is 29.6 Å². The zero-order valence-electron chi connectivity index (χ0n) is 20.0. The standard InChI is InChI=1S/C28H22F2N6O/c1-32-25-12-11-23-27(33-25)24(15-26(37)34(23)2)35-13-14-36(22(16-31)17-35)28(18-3-7-20(29)8-4-18)19-5-9-21(30)10-6-19/h3-12,15,22,28H,13-14,17H2,2H3. The third kappa shape index (κ3) is 4.53. The van der Waals surface area contributed by atoms with Crippen molar-refractivity contribution < 1.29 is 8.78 Å². The van der Waals surface area contributed by atoms with Crippen molar-refractivity contribution in [3.05, 3.63) is 111 Å². The SMILES string of the molecule is [C-]#[N+]c1ccc2c(n1)c(N1CCN(C(c3ccc(F)cc3)c3ccc(F)cc3)C(C#N)C1)cc(=O)n2C. The summed E-state index contributed by atoms with van der Waals surface area (Å²) >= 11 is 0. The van der Waals surface area contributed by atoms with Gasteiger partial charge in [0.15, 0.2) is 0 Å². The molecule has 2 aromatic heterocycles. The number of rotatable bonds is 4. The van der Waals surface area contributed by atoms with Crippen molar-refractivity contribution in [2.24, 2.45) is 7.05 Å². The maximum absolute atomic E-state index is 13.7. The Balaban J connectivity index is 1.54. The monoisotopic (exact) mass is 496 g/mol. The number of piperazine rings is 1. The van der Waals surface area contributed by atoms with Crippen molar-refractivity contribution in [1.82, 2.24) is 14.5 Å². The van der Waals surface area contributed by atoms with Crippen LogP contribution in [-0.4, -0.2) is 40.1 Å². The van der Waals surface area contributed by atoms with E-state index in [1.807, 2.05) is 9.80 Å². The molecule has 1 aliphatic rings. The van der Waals surface area contributed by atoms with Crippen molar-refractivity contribution in [1.29, 1.82) is 5.26 Å². The Morgan fingerprint density at radius 1 is 1.03 bits per heavy atom. The summed E-state index contributed by atoms with van der Waals surface area (Å²) in [5.41, 5.74) is 3.04. The molecule has 37 heavy (non-hydrogen) atoms. The topological polar surface area (TPSA) is 69.5 Å². The first-order chi connectivity index (χ1) is 17.9. The number of nitrogens with zero attached hydrogens (tertiary/aromatic N) is 6. The Labute approximate surface area is 212 Å². The van der Waals surface area contributed by atoms with Gasteiger partial charge in [-0.1, -0.05) is 30.8 Å². The van der Waals surface area contributed by atoms with Crippen LogP contribution in [0, 0.1) is 29.5 Å². The van der Waals surface area contributed by atoms with E-state index in [4.69, 9.17) is 6.57 Å². The molecule has 0 aliphatic carbocycles. The predicted octanol–water partition coefficient (Wildman–Crippen LogP) is 4.57. The molecule has 1 atom stereocenters. The van der Waals surface area contributed by atoms with Crippen LogP contribution in [-0.2, 0) is 7.05 Å². The largest absolute Gasteiger partial charge is 0.364 e. The molecule has 0 spiro atoms. The van der Waals surface area contributed by atoms with E-state index in [0.717, 1.165) is 11.1 Å². The van der Waals surface area contributed by atoms with E-state index in [1.165, 1.54) is 34.9 Å². The quantitative estimate of drug-likeness (QED) is 0.388. The highest BCUT2D eigenvalue weighted by Gasteiger charge is 2.35. The molecule has 0 saturated carbocycles. The van der Waals surface area contributed by atoms with Crippen LogP contribution < -0.4 is 10.5 Å². The molecule has 184 valence electrons. The van der Waals surface area contributed by atoms with Gasteiger partial charge in [0.2, 0.25) is 5.52 Å². The third-order valence-corrected chi connectivity index (χ3v) is 6.78. The number of hydrogen-bond donors (Lipinski definition) is 0. The van der Waals surface area contributed by atoms with Crippen LogP contribution in [0.25, 0.3) is 15.9 Å². The minimum atomic E-state index is -0.600. The fourth-order valence-electron chi connectivity index (χ4n) is 4.91. The number of fused-ring (bicyclic) bond motifs is 1. The lowest BCUT2D eigenvalue weighted by molar-refractivity contribution is 0.172. The molecular weight excluding hydrogens is 474 g/mol. The second-order valence-corrected chi connectivity index (χ2v) is 8.91. The molecule has 1 saturated heterocycles. The molecule has 1 unspecified atom stereocenters. The molecule has 9 heteroatoms. The first-order valence-electron chi connectivity index (χ1n) is 11.7. The average molecular weight is 497 g/mol. The van der Waals surface area contributed by atoms with Gasteiger partial charge in [0.05, 0.1) is 23.3 Å². The average Bonchev–Trinajstić information content (AvgIpc) is 2.92. The molecule has 0 N–H and O–H groups in total. The molecule has 0 radical (unpaired) electrons. The van der Waals surface area contributed by atoms with Gasteiger partial charge in [-0.05, 0) is 47.5 Å². The maximum Gasteiger partial charge on any atom is 0.270 e. The molecule has 1 aliphatic heterocycles. The third-order valence-electron chi connectivity index (χ3n) is 6.78. The summed E-state index contributed by atoms with van der Waals surface area (Å²) in [6, 6.07) is 18.3. The minimum absolute atomic E-state index is 0.216. The molecule has 0 bridgehead atoms. The molecular formula is C28H22F2N6O. The highest BCUT2D eigenvalue weighted by Crippen LogP contribution is 2.34. The molecule has 3 heterocycles. The fraction of sp³-hybridized carbons (Fsp3) is 0.214. The van der Waals surface area contributed by atoms with Gasteiger partial charge in [0.1, 0.15) is 17.7 Å². The maximum atomic E-state index is 13.7. The second-order valence-electron chi connectivity index (χ2n) is 8.91. The van der Waals surface area contributed by atoms with E-state index in [0.29, 0.717) is 29.8 Å². The van der Waals surface area contributed by atoms with E-state index in [1.54, 1.807) is 43.4 Å². The first-order valence-corrected chi connectivity index (χ1v) is 11.7. The Kier molecular flexibility index (Phi) is 6.39. The molecule has 5 rings (SSSR count). The Morgan fingerprint density at radius 3 is 2.22 bits per heavy atom. The first kappa shape index (κ1) is 24.1. The summed E-state index contributed by atoms with van der Waals surface area (Å²) in [6.45, 7) is 8.54. The number of pyridine rings is 2. The summed E-state index contributed by atoms with van der Waals surface area (Å²) in [4.78, 5) is 24.6. The van der Waals surface area contributed by atoms with Crippen molar-refractivity contribution in [3.8, 4) is 6.07 Å². The molecule has 2 aromatic carbocycles. The molecule has 1 fully saturated rings. The number of benzene rings is 2. The smallest absolute Gasteiger partial charge is 0.270 e. The van der Waals surface area contributed by atoms with Crippen LogP contribution in [0.4, 0.5) is 20.3 Å². The lowest BCUT2D eigenvalue weighted by atomic mass is 9.94. The highest BCUT2D eigenvalue weighted by molar-refractivity contribution is 5.89. The molecule has 0 amide bonds. The van der Waals surface area contributed by atoms with Gasteiger partial charge in [0, 0.05) is 32.7 Å². The van der Waals surface area contributed by atoms with Crippen LogP contribution in [0.3, 0.4) is 0 Å². The zero-order valence-corrected chi connectivity index (χ0v) is 20.0. The number of hydrogen-bond acceptors (Lipinski definition) is 5. The van der Waals surface area contributed by atoms with Crippen molar-refractivity contribution >= 4 is 22.5 Å².